The molecule has 2 atom stereocenters. The number of rotatable bonds is 12. The molecule has 3 aromatic rings. The average Bonchev–Trinajstić information content (AvgIpc) is 3.69. The molecular formula is C31H39N3O8S2. The number of hydrogen-bond donors (Lipinski definition) is 4. The van der Waals surface area contributed by atoms with Gasteiger partial charge in [-0.05, 0) is 67.1 Å². The number of fused-ring (bicyclic) bond motifs is 1. The van der Waals surface area contributed by atoms with Crippen molar-refractivity contribution in [2.45, 2.75) is 65.2 Å². The van der Waals surface area contributed by atoms with Crippen LogP contribution in [0.5, 0.6) is 5.75 Å². The molecule has 44 heavy (non-hydrogen) atoms. The maximum absolute atomic E-state index is 13.4. The highest BCUT2D eigenvalue weighted by atomic mass is 32.2. The molecule has 11 nitrogen and oxygen atoms in total. The third-order valence-electron chi connectivity index (χ3n) is 8.91. The van der Waals surface area contributed by atoms with Crippen LogP contribution in [0.25, 0.3) is 10.8 Å². The topological polar surface area (TPSA) is 154 Å². The van der Waals surface area contributed by atoms with E-state index in [2.05, 4.69) is 10.0 Å². The smallest absolute Gasteiger partial charge is 0.243 e. The number of ether oxygens (including phenoxy) is 2. The number of aliphatic hydroxyl groups excluding tert-OH is 2. The van der Waals surface area contributed by atoms with Crippen molar-refractivity contribution in [1.82, 2.24) is 14.3 Å². The van der Waals surface area contributed by atoms with E-state index in [1.165, 1.54) is 12.1 Å². The molecule has 0 amide bonds. The SMILES string of the molecule is O=S(=O)(NC1(CO)CC1)c1cccc(OCC(O)CNC2COC3(CCN(S(=O)(=O)c4ccc5ccccc5c4)CC3)C2)c1. The molecule has 6 rings (SSSR count). The predicted octanol–water partition coefficient (Wildman–Crippen LogP) is 1.98. The molecule has 1 saturated carbocycles. The molecular weight excluding hydrogens is 606 g/mol. The van der Waals surface area contributed by atoms with Gasteiger partial charge < -0.3 is 25.0 Å². The Morgan fingerprint density at radius 2 is 1.68 bits per heavy atom. The van der Waals surface area contributed by atoms with Gasteiger partial charge in [-0.25, -0.2) is 21.6 Å². The van der Waals surface area contributed by atoms with Crippen LogP contribution in [-0.4, -0.2) is 94.1 Å². The van der Waals surface area contributed by atoms with Gasteiger partial charge in [-0.3, -0.25) is 0 Å². The fourth-order valence-electron chi connectivity index (χ4n) is 6.01. The summed E-state index contributed by atoms with van der Waals surface area (Å²) in [5.41, 5.74) is -1.17. The van der Waals surface area contributed by atoms with Gasteiger partial charge in [0.1, 0.15) is 18.5 Å². The first-order chi connectivity index (χ1) is 21.0. The maximum Gasteiger partial charge on any atom is 0.243 e. The van der Waals surface area contributed by atoms with E-state index in [0.29, 0.717) is 62.4 Å². The third-order valence-corrected chi connectivity index (χ3v) is 12.4. The van der Waals surface area contributed by atoms with E-state index in [1.807, 2.05) is 30.3 Å². The molecule has 2 aliphatic heterocycles. The molecule has 2 saturated heterocycles. The summed E-state index contributed by atoms with van der Waals surface area (Å²) in [7, 11) is -7.43. The second-order valence-electron chi connectivity index (χ2n) is 12.2. The van der Waals surface area contributed by atoms with Crippen molar-refractivity contribution in [3.05, 3.63) is 66.7 Å². The van der Waals surface area contributed by atoms with Crippen LogP contribution in [-0.2, 0) is 24.8 Å². The minimum Gasteiger partial charge on any atom is -0.491 e. The molecule has 1 aliphatic carbocycles. The van der Waals surface area contributed by atoms with Crippen LogP contribution in [0.1, 0.15) is 32.1 Å². The molecule has 3 aliphatic rings. The maximum atomic E-state index is 13.4. The van der Waals surface area contributed by atoms with Gasteiger partial charge in [-0.1, -0.05) is 36.4 Å². The van der Waals surface area contributed by atoms with E-state index >= 15 is 0 Å². The summed E-state index contributed by atoms with van der Waals surface area (Å²) < 4.78 is 68.1. The fraction of sp³-hybridized carbons (Fsp3) is 0.484. The predicted molar refractivity (Wildman–Crippen MR) is 164 cm³/mol. The Hall–Kier alpha value is -2.62. The van der Waals surface area contributed by atoms with Crippen LogP contribution in [0.2, 0.25) is 0 Å². The lowest BCUT2D eigenvalue weighted by atomic mass is 9.88. The summed E-state index contributed by atoms with van der Waals surface area (Å²) in [4.78, 5) is 0.334. The monoisotopic (exact) mass is 645 g/mol. The molecule has 3 fully saturated rings. The summed E-state index contributed by atoms with van der Waals surface area (Å²) in [6.07, 6.45) is 2.25. The summed E-state index contributed by atoms with van der Waals surface area (Å²) in [5, 5.41) is 25.2. The number of sulfonamides is 2. The van der Waals surface area contributed by atoms with Crippen molar-refractivity contribution in [2.24, 2.45) is 0 Å². The minimum atomic E-state index is -3.81. The number of piperidine rings is 1. The number of aliphatic hydroxyl groups is 2. The van der Waals surface area contributed by atoms with Crippen LogP contribution < -0.4 is 14.8 Å². The zero-order valence-corrected chi connectivity index (χ0v) is 26.0. The molecule has 2 unspecified atom stereocenters. The van der Waals surface area contributed by atoms with Gasteiger partial charge in [0.05, 0.1) is 34.1 Å². The minimum absolute atomic E-state index is 0.00844. The lowest BCUT2D eigenvalue weighted by Gasteiger charge is -2.38. The summed E-state index contributed by atoms with van der Waals surface area (Å²) >= 11 is 0. The second kappa shape index (κ2) is 12.3. The Kier molecular flexibility index (Phi) is 8.76. The van der Waals surface area contributed by atoms with E-state index in [4.69, 9.17) is 9.47 Å². The zero-order chi connectivity index (χ0) is 31.0. The van der Waals surface area contributed by atoms with Gasteiger partial charge in [0.15, 0.2) is 0 Å². The largest absolute Gasteiger partial charge is 0.491 e. The lowest BCUT2D eigenvalue weighted by molar-refractivity contribution is -0.0312. The molecule has 0 aromatic heterocycles. The molecule has 238 valence electrons. The Morgan fingerprint density at radius 1 is 0.932 bits per heavy atom. The highest BCUT2D eigenvalue weighted by Crippen LogP contribution is 2.38. The van der Waals surface area contributed by atoms with Gasteiger partial charge in [0.25, 0.3) is 0 Å². The van der Waals surface area contributed by atoms with Crippen molar-refractivity contribution in [2.75, 3.05) is 39.5 Å². The number of hydrogen-bond acceptors (Lipinski definition) is 9. The summed E-state index contributed by atoms with van der Waals surface area (Å²) in [6.45, 7) is 1.19. The van der Waals surface area contributed by atoms with Gasteiger partial charge in [0, 0.05) is 31.7 Å². The van der Waals surface area contributed by atoms with Crippen LogP contribution in [0, 0.1) is 0 Å². The Labute approximate surface area is 258 Å². The van der Waals surface area contributed by atoms with Crippen LogP contribution >= 0.6 is 0 Å². The summed E-state index contributed by atoms with van der Waals surface area (Å²) in [6, 6.07) is 19.0. The number of nitrogens with one attached hydrogen (secondary N) is 2. The highest BCUT2D eigenvalue weighted by molar-refractivity contribution is 7.89. The lowest BCUT2D eigenvalue weighted by Crippen LogP contribution is -2.47. The molecule has 2 heterocycles. The zero-order valence-electron chi connectivity index (χ0n) is 24.4. The first kappa shape index (κ1) is 31.4. The van der Waals surface area contributed by atoms with Crippen LogP contribution in [0.4, 0.5) is 0 Å². The van der Waals surface area contributed by atoms with Crippen LogP contribution in [0.15, 0.2) is 76.5 Å². The fourth-order valence-corrected chi connectivity index (χ4v) is 8.97. The van der Waals surface area contributed by atoms with Crippen molar-refractivity contribution in [3.63, 3.8) is 0 Å². The number of nitrogens with zero attached hydrogens (tertiary/aromatic N) is 1. The van der Waals surface area contributed by atoms with E-state index in [9.17, 15) is 27.0 Å². The third kappa shape index (κ3) is 6.80. The average molecular weight is 646 g/mol. The highest BCUT2D eigenvalue weighted by Gasteiger charge is 2.46. The normalized spacial score (nSPS) is 22.3. The van der Waals surface area contributed by atoms with E-state index < -0.39 is 37.3 Å². The molecule has 1 spiro atoms. The van der Waals surface area contributed by atoms with Gasteiger partial charge in [-0.2, -0.15) is 4.31 Å². The molecule has 4 N–H and O–H groups in total. The quantitative estimate of drug-likeness (QED) is 0.232. The van der Waals surface area contributed by atoms with Crippen molar-refractivity contribution < 1.29 is 36.5 Å². The molecule has 0 bridgehead atoms. The standard InChI is InChI=1S/C31H39N3O8S2/c35-22-30(10-11-30)33-43(37,38)28-7-3-6-27(17-28)41-21-26(36)19-32-25-18-31(42-20-25)12-14-34(15-13-31)44(39,40)29-9-8-23-4-1-2-5-24(23)16-29/h1-9,16-17,25-26,32-33,35-36H,10-15,18-22H2. The van der Waals surface area contributed by atoms with Crippen molar-refractivity contribution in [3.8, 4) is 5.75 Å². The Bertz CT molecular complexity index is 1700. The second-order valence-corrected chi connectivity index (χ2v) is 15.8. The first-order valence-electron chi connectivity index (χ1n) is 14.9. The Balaban J connectivity index is 0.960. The first-order valence-corrected chi connectivity index (χ1v) is 17.9. The molecule has 0 radical (unpaired) electrons. The number of benzene rings is 3. The van der Waals surface area contributed by atoms with E-state index in [1.54, 1.807) is 28.6 Å². The van der Waals surface area contributed by atoms with Gasteiger partial charge in [-0.15, -0.1) is 0 Å². The van der Waals surface area contributed by atoms with Crippen molar-refractivity contribution in [1.29, 1.82) is 0 Å². The van der Waals surface area contributed by atoms with Crippen molar-refractivity contribution >= 4 is 30.8 Å². The molecule has 3 aromatic carbocycles. The van der Waals surface area contributed by atoms with Gasteiger partial charge in [0.2, 0.25) is 20.0 Å². The molecule has 13 heteroatoms. The Morgan fingerprint density at radius 3 is 2.41 bits per heavy atom. The van der Waals surface area contributed by atoms with Gasteiger partial charge >= 0.3 is 0 Å². The summed E-state index contributed by atoms with van der Waals surface area (Å²) in [5.74, 6) is 0.314. The van der Waals surface area contributed by atoms with E-state index in [-0.39, 0.29) is 30.7 Å². The van der Waals surface area contributed by atoms with E-state index in [0.717, 1.165) is 10.8 Å². The van der Waals surface area contributed by atoms with Crippen LogP contribution in [0.3, 0.4) is 0 Å².